The molecule has 1 aliphatic heterocycles. The van der Waals surface area contributed by atoms with Crippen molar-refractivity contribution in [3.63, 3.8) is 0 Å². The molecule has 1 aliphatic rings. The maximum Gasteiger partial charge on any atom is 0.250 e. The molecule has 0 aromatic carbocycles. The molecule has 1 unspecified atom stereocenters. The normalized spacial score (nSPS) is 23.6. The molecule has 1 rings (SSSR count). The van der Waals surface area contributed by atoms with Crippen molar-refractivity contribution in [3.8, 4) is 0 Å². The second kappa shape index (κ2) is 6.30. The molecule has 0 aromatic heterocycles. The largest absolute Gasteiger partial charge is 0.392 e. The first kappa shape index (κ1) is 13.8. The zero-order chi connectivity index (χ0) is 11.2. The van der Waals surface area contributed by atoms with Crippen molar-refractivity contribution in [3.05, 3.63) is 0 Å². The third-order valence-corrected chi connectivity index (χ3v) is 2.11. The van der Waals surface area contributed by atoms with E-state index in [1.165, 1.54) is 0 Å². The van der Waals surface area contributed by atoms with Crippen LogP contribution in [-0.2, 0) is 0 Å². The Morgan fingerprint density at radius 1 is 1.29 bits per heavy atom. The summed E-state index contributed by atoms with van der Waals surface area (Å²) in [4.78, 5) is 1.88. The van der Waals surface area contributed by atoms with Gasteiger partial charge in [-0.3, -0.25) is 0 Å². The molecule has 1 atom stereocenters. The van der Waals surface area contributed by atoms with Crippen LogP contribution in [0.25, 0.3) is 0 Å². The fourth-order valence-corrected chi connectivity index (χ4v) is 1.44. The van der Waals surface area contributed by atoms with Crippen LogP contribution in [0, 0.1) is 0 Å². The maximum absolute atomic E-state index is 12.6. The lowest BCUT2D eigenvalue weighted by atomic mass is 10.1. The predicted octanol–water partition coefficient (Wildman–Crippen LogP) is 2.12. The highest BCUT2D eigenvalue weighted by Gasteiger charge is 2.33. The second-order valence-corrected chi connectivity index (χ2v) is 3.51. The smallest absolute Gasteiger partial charge is 0.250 e. The summed E-state index contributed by atoms with van der Waals surface area (Å²) in [6.45, 7) is 6.98. The first-order valence-electron chi connectivity index (χ1n) is 5.28. The van der Waals surface area contributed by atoms with E-state index in [4.69, 9.17) is 5.11 Å². The Hall–Kier alpha value is -0.220. The van der Waals surface area contributed by atoms with Crippen molar-refractivity contribution >= 4 is 0 Å². The summed E-state index contributed by atoms with van der Waals surface area (Å²) in [5, 5.41) is 9.01. The van der Waals surface area contributed by atoms with Gasteiger partial charge in [-0.2, -0.15) is 0 Å². The number of nitrogens with zero attached hydrogens (tertiary/aromatic N) is 1. The Labute approximate surface area is 84.9 Å². The summed E-state index contributed by atoms with van der Waals surface area (Å²) in [5.41, 5.74) is 0. The average Bonchev–Trinajstić information content (AvgIpc) is 2.12. The van der Waals surface area contributed by atoms with Crippen molar-refractivity contribution in [1.29, 1.82) is 0 Å². The van der Waals surface area contributed by atoms with Gasteiger partial charge in [0.25, 0.3) is 5.92 Å². The number of hydrogen-bond donors (Lipinski definition) is 1. The summed E-state index contributed by atoms with van der Waals surface area (Å²) in [7, 11) is 0. The summed E-state index contributed by atoms with van der Waals surface area (Å²) in [6.07, 6.45) is -0.559. The van der Waals surface area contributed by atoms with Crippen molar-refractivity contribution < 1.29 is 13.9 Å². The van der Waals surface area contributed by atoms with Crippen molar-refractivity contribution in [2.45, 2.75) is 45.6 Å². The molecule has 0 spiro atoms. The molecule has 1 N–H and O–H groups in total. The first-order chi connectivity index (χ1) is 6.49. The van der Waals surface area contributed by atoms with Crippen LogP contribution in [0.2, 0.25) is 0 Å². The number of hydrogen-bond acceptors (Lipinski definition) is 2. The summed E-state index contributed by atoms with van der Waals surface area (Å²) in [6, 6.07) is 0. The number of rotatable bonds is 2. The molecule has 86 valence electrons. The Balaban J connectivity index is 0.000000791. The molecule has 1 saturated heterocycles. The summed E-state index contributed by atoms with van der Waals surface area (Å²) < 4.78 is 25.3. The van der Waals surface area contributed by atoms with E-state index in [2.05, 4.69) is 0 Å². The molecular formula is C10H21F2NO. The van der Waals surface area contributed by atoms with E-state index < -0.39 is 12.0 Å². The van der Waals surface area contributed by atoms with Crippen LogP contribution < -0.4 is 0 Å². The number of aliphatic hydroxyl groups is 1. The van der Waals surface area contributed by atoms with Gasteiger partial charge >= 0.3 is 0 Å². The van der Waals surface area contributed by atoms with Gasteiger partial charge < -0.3 is 10.0 Å². The molecule has 0 amide bonds. The number of aliphatic hydroxyl groups excluding tert-OH is 1. The first-order valence-corrected chi connectivity index (χ1v) is 5.28. The van der Waals surface area contributed by atoms with Gasteiger partial charge in [0, 0.05) is 32.5 Å². The van der Waals surface area contributed by atoms with Crippen molar-refractivity contribution in [2.75, 3.05) is 19.6 Å². The zero-order valence-electron chi connectivity index (χ0n) is 9.26. The maximum atomic E-state index is 12.6. The number of alkyl halides is 2. The lowest BCUT2D eigenvalue weighted by Crippen LogP contribution is -2.42. The van der Waals surface area contributed by atoms with E-state index in [1.807, 2.05) is 18.7 Å². The van der Waals surface area contributed by atoms with Crippen molar-refractivity contribution in [2.24, 2.45) is 0 Å². The molecule has 0 aromatic rings. The van der Waals surface area contributed by atoms with E-state index in [1.54, 1.807) is 6.92 Å². The fraction of sp³-hybridized carbons (Fsp3) is 1.00. The number of halogens is 2. The Bertz CT molecular complexity index is 141. The molecule has 2 nitrogen and oxygen atoms in total. The minimum absolute atomic E-state index is 0.0697. The Morgan fingerprint density at radius 2 is 1.71 bits per heavy atom. The highest BCUT2D eigenvalue weighted by Crippen LogP contribution is 2.27. The van der Waals surface area contributed by atoms with Gasteiger partial charge in [0.1, 0.15) is 0 Å². The Kier molecular flexibility index (Phi) is 6.20. The summed E-state index contributed by atoms with van der Waals surface area (Å²) >= 11 is 0. The van der Waals surface area contributed by atoms with Crippen LogP contribution in [0.1, 0.15) is 33.6 Å². The third-order valence-electron chi connectivity index (χ3n) is 2.11. The van der Waals surface area contributed by atoms with E-state index in [0.29, 0.717) is 19.6 Å². The molecule has 0 aliphatic carbocycles. The number of piperidine rings is 1. The van der Waals surface area contributed by atoms with Gasteiger partial charge in [0.2, 0.25) is 0 Å². The quantitative estimate of drug-likeness (QED) is 0.753. The van der Waals surface area contributed by atoms with Crippen LogP contribution in [-0.4, -0.2) is 41.7 Å². The lowest BCUT2D eigenvalue weighted by molar-refractivity contribution is -0.0602. The molecule has 1 fully saturated rings. The zero-order valence-corrected chi connectivity index (χ0v) is 9.26. The monoisotopic (exact) mass is 209 g/mol. The molecule has 1 heterocycles. The van der Waals surface area contributed by atoms with Gasteiger partial charge in [-0.05, 0) is 6.92 Å². The van der Waals surface area contributed by atoms with Gasteiger partial charge in [-0.1, -0.05) is 13.8 Å². The van der Waals surface area contributed by atoms with Crippen LogP contribution >= 0.6 is 0 Å². The average molecular weight is 209 g/mol. The standard InChI is InChI=1S/C8H15F2NO.C2H6/c1-7(12)6-11-4-2-8(9,10)3-5-11;1-2/h7,12H,2-6H2,1H3;1-2H3. The fourth-order valence-electron chi connectivity index (χ4n) is 1.44. The third kappa shape index (κ3) is 5.50. The van der Waals surface area contributed by atoms with Gasteiger partial charge in [-0.15, -0.1) is 0 Å². The van der Waals surface area contributed by atoms with Gasteiger partial charge in [0.05, 0.1) is 6.10 Å². The van der Waals surface area contributed by atoms with Crippen LogP contribution in [0.3, 0.4) is 0 Å². The molecular weight excluding hydrogens is 188 g/mol. The molecule has 4 heteroatoms. The van der Waals surface area contributed by atoms with E-state index >= 15 is 0 Å². The second-order valence-electron chi connectivity index (χ2n) is 3.51. The van der Waals surface area contributed by atoms with Crippen molar-refractivity contribution in [1.82, 2.24) is 4.90 Å². The van der Waals surface area contributed by atoms with Crippen LogP contribution in [0.5, 0.6) is 0 Å². The minimum Gasteiger partial charge on any atom is -0.392 e. The van der Waals surface area contributed by atoms with E-state index in [9.17, 15) is 8.78 Å². The van der Waals surface area contributed by atoms with E-state index in [0.717, 1.165) is 0 Å². The number of likely N-dealkylation sites (tertiary alicyclic amines) is 1. The van der Waals surface area contributed by atoms with Crippen LogP contribution in [0.15, 0.2) is 0 Å². The molecule has 0 radical (unpaired) electrons. The molecule has 0 bridgehead atoms. The molecule has 14 heavy (non-hydrogen) atoms. The lowest BCUT2D eigenvalue weighted by Gasteiger charge is -2.32. The highest BCUT2D eigenvalue weighted by atomic mass is 19.3. The summed E-state index contributed by atoms with van der Waals surface area (Å²) in [5.74, 6) is -2.48. The highest BCUT2D eigenvalue weighted by molar-refractivity contribution is 4.77. The predicted molar refractivity (Wildman–Crippen MR) is 53.6 cm³/mol. The van der Waals surface area contributed by atoms with Crippen LogP contribution in [0.4, 0.5) is 8.78 Å². The minimum atomic E-state index is -2.48. The molecule has 0 saturated carbocycles. The topological polar surface area (TPSA) is 23.5 Å². The van der Waals surface area contributed by atoms with E-state index in [-0.39, 0.29) is 12.8 Å². The Morgan fingerprint density at radius 3 is 2.07 bits per heavy atom. The van der Waals surface area contributed by atoms with Gasteiger partial charge in [-0.25, -0.2) is 8.78 Å². The van der Waals surface area contributed by atoms with Gasteiger partial charge in [0.15, 0.2) is 0 Å². The number of β-amino-alcohol motifs (C(OH)–C–C–N with tert-alkyl or cyclic N) is 1. The SMILES string of the molecule is CC.CC(O)CN1CCC(F)(F)CC1.